The number of aromatic nitrogens is 2. The number of aliphatic hydroxyl groups excluding tert-OH is 1. The van der Waals surface area contributed by atoms with Gasteiger partial charge >= 0.3 is 12.6 Å². The molecule has 0 radical (unpaired) electrons. The molecular weight excluding hydrogens is 417 g/mol. The Balaban J connectivity index is 2.30. The van der Waals surface area contributed by atoms with Crippen molar-refractivity contribution >= 4 is 29.2 Å². The first kappa shape index (κ1) is 22.4. The molecular formula is C18H20Cl2F2N2O4. The summed E-state index contributed by atoms with van der Waals surface area (Å²) in [6.07, 6.45) is -1.53. The fraction of sp³-hybridized carbons (Fsp3) is 0.444. The number of aryl methyl sites for hydroxylation is 1. The van der Waals surface area contributed by atoms with Gasteiger partial charge in [-0.2, -0.15) is 13.9 Å². The summed E-state index contributed by atoms with van der Waals surface area (Å²) in [6.45, 7) is 2.01. The SMILES string of the molecule is Cn1nc(-c2ccc(Cl)c(CC(O)C(=O)OC(C)(C)C)c2)c(Cl)c1OC(F)F. The molecule has 1 aromatic heterocycles. The minimum absolute atomic E-state index is 0.0937. The summed E-state index contributed by atoms with van der Waals surface area (Å²) in [5.41, 5.74) is 0.354. The molecule has 10 heteroatoms. The van der Waals surface area contributed by atoms with Gasteiger partial charge in [-0.05, 0) is 38.5 Å². The van der Waals surface area contributed by atoms with Gasteiger partial charge in [0.1, 0.15) is 16.3 Å². The van der Waals surface area contributed by atoms with Gasteiger partial charge in [0.25, 0.3) is 0 Å². The number of esters is 1. The summed E-state index contributed by atoms with van der Waals surface area (Å²) < 4.78 is 35.7. The number of rotatable bonds is 6. The molecule has 0 bridgehead atoms. The number of halogens is 4. The van der Waals surface area contributed by atoms with E-state index < -0.39 is 24.3 Å². The first-order valence-electron chi connectivity index (χ1n) is 8.26. The largest absolute Gasteiger partial charge is 0.458 e. The number of aliphatic hydroxyl groups is 1. The van der Waals surface area contributed by atoms with E-state index in [0.29, 0.717) is 16.1 Å². The molecule has 0 aliphatic heterocycles. The topological polar surface area (TPSA) is 73.6 Å². The van der Waals surface area contributed by atoms with Crippen LogP contribution in [0.4, 0.5) is 8.78 Å². The number of alkyl halides is 2. The molecule has 0 amide bonds. The number of carbonyl (C=O) groups excluding carboxylic acids is 1. The number of carbonyl (C=O) groups is 1. The molecule has 1 atom stereocenters. The van der Waals surface area contributed by atoms with Crippen molar-refractivity contribution in [2.75, 3.05) is 0 Å². The van der Waals surface area contributed by atoms with Crippen molar-refractivity contribution in [3.8, 4) is 17.1 Å². The van der Waals surface area contributed by atoms with Crippen LogP contribution in [-0.2, 0) is 23.0 Å². The summed E-state index contributed by atoms with van der Waals surface area (Å²) in [7, 11) is 1.41. The summed E-state index contributed by atoms with van der Waals surface area (Å²) in [6, 6.07) is 4.69. The Labute approximate surface area is 171 Å². The highest BCUT2D eigenvalue weighted by atomic mass is 35.5. The molecule has 0 spiro atoms. The Hall–Kier alpha value is -1.90. The van der Waals surface area contributed by atoms with Gasteiger partial charge in [-0.25, -0.2) is 9.48 Å². The smallest absolute Gasteiger partial charge is 0.388 e. The quantitative estimate of drug-likeness (QED) is 0.685. The van der Waals surface area contributed by atoms with E-state index in [2.05, 4.69) is 9.84 Å². The van der Waals surface area contributed by atoms with Gasteiger partial charge in [-0.1, -0.05) is 29.3 Å². The molecule has 154 valence electrons. The van der Waals surface area contributed by atoms with E-state index in [1.54, 1.807) is 32.9 Å². The summed E-state index contributed by atoms with van der Waals surface area (Å²) >= 11 is 12.3. The van der Waals surface area contributed by atoms with Crippen molar-refractivity contribution in [3.05, 3.63) is 33.8 Å². The number of ether oxygens (including phenoxy) is 2. The molecule has 2 aromatic rings. The van der Waals surface area contributed by atoms with Crippen LogP contribution in [0.2, 0.25) is 10.0 Å². The maximum absolute atomic E-state index is 12.5. The van der Waals surface area contributed by atoms with Crippen LogP contribution < -0.4 is 4.74 Å². The van der Waals surface area contributed by atoms with Crippen LogP contribution in [0.5, 0.6) is 5.88 Å². The fourth-order valence-electron chi connectivity index (χ4n) is 2.42. The summed E-state index contributed by atoms with van der Waals surface area (Å²) in [5.74, 6) is -1.06. The second-order valence-corrected chi connectivity index (χ2v) is 7.81. The Morgan fingerprint density at radius 2 is 1.96 bits per heavy atom. The Morgan fingerprint density at radius 3 is 2.54 bits per heavy atom. The average molecular weight is 437 g/mol. The molecule has 28 heavy (non-hydrogen) atoms. The molecule has 0 fully saturated rings. The highest BCUT2D eigenvalue weighted by molar-refractivity contribution is 6.34. The molecule has 2 rings (SSSR count). The van der Waals surface area contributed by atoms with Crippen LogP contribution in [0.1, 0.15) is 26.3 Å². The van der Waals surface area contributed by atoms with Gasteiger partial charge < -0.3 is 14.6 Å². The first-order chi connectivity index (χ1) is 12.9. The lowest BCUT2D eigenvalue weighted by Gasteiger charge is -2.22. The van der Waals surface area contributed by atoms with Crippen LogP contribution in [0.25, 0.3) is 11.3 Å². The molecule has 1 unspecified atom stereocenters. The second kappa shape index (κ2) is 8.63. The minimum atomic E-state index is -3.05. The van der Waals surface area contributed by atoms with Crippen molar-refractivity contribution in [1.82, 2.24) is 9.78 Å². The lowest BCUT2D eigenvalue weighted by atomic mass is 10.0. The zero-order valence-corrected chi connectivity index (χ0v) is 17.2. The third kappa shape index (κ3) is 5.56. The van der Waals surface area contributed by atoms with Crippen LogP contribution in [0.3, 0.4) is 0 Å². The number of benzene rings is 1. The van der Waals surface area contributed by atoms with E-state index in [1.807, 2.05) is 0 Å². The predicted octanol–water partition coefficient (Wildman–Crippen LogP) is 4.24. The van der Waals surface area contributed by atoms with Gasteiger partial charge in [0.2, 0.25) is 5.88 Å². The second-order valence-electron chi connectivity index (χ2n) is 7.03. The van der Waals surface area contributed by atoms with E-state index >= 15 is 0 Å². The molecule has 1 N–H and O–H groups in total. The summed E-state index contributed by atoms with van der Waals surface area (Å²) in [5, 5.41) is 14.5. The zero-order chi connectivity index (χ0) is 21.2. The molecule has 1 aromatic carbocycles. The third-order valence-corrected chi connectivity index (χ3v) is 4.26. The van der Waals surface area contributed by atoms with Gasteiger partial charge in [0.05, 0.1) is 0 Å². The van der Waals surface area contributed by atoms with Gasteiger partial charge in [-0.3, -0.25) is 0 Å². The van der Waals surface area contributed by atoms with Gasteiger partial charge in [-0.15, -0.1) is 0 Å². The highest BCUT2D eigenvalue weighted by Crippen LogP contribution is 2.36. The Morgan fingerprint density at radius 1 is 1.32 bits per heavy atom. The van der Waals surface area contributed by atoms with E-state index in [-0.39, 0.29) is 23.0 Å². The fourth-order valence-corrected chi connectivity index (χ4v) is 2.93. The molecule has 1 heterocycles. The lowest BCUT2D eigenvalue weighted by Crippen LogP contribution is -2.33. The lowest BCUT2D eigenvalue weighted by molar-refractivity contribution is -0.164. The molecule has 0 saturated carbocycles. The maximum Gasteiger partial charge on any atom is 0.388 e. The molecule has 6 nitrogen and oxygen atoms in total. The van der Waals surface area contributed by atoms with Crippen molar-refractivity contribution in [2.45, 2.75) is 45.5 Å². The van der Waals surface area contributed by atoms with Crippen LogP contribution in [0, 0.1) is 0 Å². The number of hydrogen-bond acceptors (Lipinski definition) is 5. The van der Waals surface area contributed by atoms with Crippen LogP contribution in [-0.4, -0.2) is 39.2 Å². The summed E-state index contributed by atoms with van der Waals surface area (Å²) in [4.78, 5) is 12.0. The number of hydrogen-bond donors (Lipinski definition) is 1. The van der Waals surface area contributed by atoms with Crippen molar-refractivity contribution in [3.63, 3.8) is 0 Å². The first-order valence-corrected chi connectivity index (χ1v) is 9.01. The third-order valence-electron chi connectivity index (χ3n) is 3.55. The average Bonchev–Trinajstić information content (AvgIpc) is 2.83. The maximum atomic E-state index is 12.5. The minimum Gasteiger partial charge on any atom is -0.458 e. The molecule has 0 saturated heterocycles. The predicted molar refractivity (Wildman–Crippen MR) is 101 cm³/mol. The van der Waals surface area contributed by atoms with Crippen molar-refractivity contribution < 1.29 is 28.2 Å². The van der Waals surface area contributed by atoms with Crippen molar-refractivity contribution in [2.24, 2.45) is 7.05 Å². The monoisotopic (exact) mass is 436 g/mol. The standard InChI is InChI=1S/C18H20Cl2F2N2O4/c1-18(2,3)28-16(26)12(25)8-10-7-9(5-6-11(10)19)14-13(20)15(24(4)23-14)27-17(21)22/h5-7,12,17,25H,8H2,1-4H3. The number of nitrogens with zero attached hydrogens (tertiary/aromatic N) is 2. The van der Waals surface area contributed by atoms with Crippen LogP contribution >= 0.6 is 23.2 Å². The highest BCUT2D eigenvalue weighted by Gasteiger charge is 2.25. The van der Waals surface area contributed by atoms with Crippen LogP contribution in [0.15, 0.2) is 18.2 Å². The molecule has 0 aliphatic rings. The Bertz CT molecular complexity index is 866. The van der Waals surface area contributed by atoms with Crippen molar-refractivity contribution in [1.29, 1.82) is 0 Å². The van der Waals surface area contributed by atoms with Gasteiger partial charge in [0, 0.05) is 24.1 Å². The Kier molecular flexibility index (Phi) is 6.90. The van der Waals surface area contributed by atoms with Gasteiger partial charge in [0.15, 0.2) is 6.10 Å². The normalized spacial score (nSPS) is 12.9. The van der Waals surface area contributed by atoms with E-state index in [4.69, 9.17) is 27.9 Å². The van der Waals surface area contributed by atoms with E-state index in [0.717, 1.165) is 4.68 Å². The zero-order valence-electron chi connectivity index (χ0n) is 15.7. The van der Waals surface area contributed by atoms with E-state index in [9.17, 15) is 18.7 Å². The van der Waals surface area contributed by atoms with E-state index in [1.165, 1.54) is 13.1 Å². The molecule has 0 aliphatic carbocycles.